The highest BCUT2D eigenvalue weighted by molar-refractivity contribution is 5.78. The highest BCUT2D eigenvalue weighted by Crippen LogP contribution is 2.12. The molecule has 0 spiro atoms. The first-order valence-electron chi connectivity index (χ1n) is 7.42. The number of ether oxygens (including phenoxy) is 1. The summed E-state index contributed by atoms with van der Waals surface area (Å²) in [7, 11) is 0. The Morgan fingerprint density at radius 1 is 1.23 bits per heavy atom. The Morgan fingerprint density at radius 2 is 1.82 bits per heavy atom. The van der Waals surface area contributed by atoms with Crippen molar-refractivity contribution >= 4 is 12.0 Å². The van der Waals surface area contributed by atoms with E-state index in [0.717, 1.165) is 0 Å². The molecule has 7 nitrogen and oxygen atoms in total. The van der Waals surface area contributed by atoms with Gasteiger partial charge in [-0.05, 0) is 27.7 Å². The van der Waals surface area contributed by atoms with Crippen molar-refractivity contribution < 1.29 is 18.8 Å². The highest BCUT2D eigenvalue weighted by Gasteiger charge is 2.27. The molecule has 122 valence electrons. The first kappa shape index (κ1) is 16.3. The molecule has 1 aromatic rings. The summed E-state index contributed by atoms with van der Waals surface area (Å²) in [6, 6.07) is 1.76. The summed E-state index contributed by atoms with van der Waals surface area (Å²) in [5.41, 5.74) is 0.131. The van der Waals surface area contributed by atoms with Crippen molar-refractivity contribution in [3.05, 3.63) is 17.5 Å². The highest BCUT2D eigenvalue weighted by atomic mass is 16.6. The molecule has 1 aliphatic heterocycles. The topological polar surface area (TPSA) is 75.9 Å². The zero-order valence-corrected chi connectivity index (χ0v) is 13.6. The lowest BCUT2D eigenvalue weighted by Gasteiger charge is -2.35. The van der Waals surface area contributed by atoms with Crippen LogP contribution in [0.1, 0.15) is 32.2 Å². The van der Waals surface area contributed by atoms with Gasteiger partial charge in [-0.25, -0.2) is 4.79 Å². The summed E-state index contributed by atoms with van der Waals surface area (Å²) in [6.07, 6.45) is -0.101. The van der Waals surface area contributed by atoms with Gasteiger partial charge < -0.3 is 19.1 Å². The lowest BCUT2D eigenvalue weighted by molar-refractivity contribution is -0.132. The minimum absolute atomic E-state index is 0.00265. The van der Waals surface area contributed by atoms with E-state index < -0.39 is 5.60 Å². The maximum atomic E-state index is 12.2. The second kappa shape index (κ2) is 6.37. The van der Waals surface area contributed by atoms with Crippen LogP contribution in [-0.4, -0.2) is 58.7 Å². The van der Waals surface area contributed by atoms with Crippen LogP contribution >= 0.6 is 0 Å². The van der Waals surface area contributed by atoms with Gasteiger partial charge in [-0.15, -0.1) is 0 Å². The molecule has 1 saturated heterocycles. The third-order valence-corrected chi connectivity index (χ3v) is 3.29. The molecule has 1 aliphatic rings. The van der Waals surface area contributed by atoms with Gasteiger partial charge in [-0.2, -0.15) is 0 Å². The predicted octanol–water partition coefficient (Wildman–Crippen LogP) is 1.60. The van der Waals surface area contributed by atoms with Crippen LogP contribution in [0.3, 0.4) is 0 Å². The van der Waals surface area contributed by atoms with Gasteiger partial charge in [-0.3, -0.25) is 4.79 Å². The SMILES string of the molecule is Cc1cc(CC(=O)N2CCN(C(=O)OC(C)(C)C)CC2)no1. The molecular formula is C15H23N3O4. The standard InChI is InChI=1S/C15H23N3O4/c1-11-9-12(16-22-11)10-13(19)17-5-7-18(8-6-17)14(20)21-15(2,3)4/h9H,5-8,10H2,1-4H3. The number of rotatable bonds is 2. The first-order valence-corrected chi connectivity index (χ1v) is 7.42. The van der Waals surface area contributed by atoms with E-state index in [2.05, 4.69) is 5.16 Å². The Hall–Kier alpha value is -2.05. The van der Waals surface area contributed by atoms with Gasteiger partial charge in [0.25, 0.3) is 0 Å². The smallest absolute Gasteiger partial charge is 0.410 e. The molecule has 2 rings (SSSR count). The Morgan fingerprint density at radius 3 is 2.32 bits per heavy atom. The third kappa shape index (κ3) is 4.47. The average molecular weight is 309 g/mol. The molecule has 0 radical (unpaired) electrons. The van der Waals surface area contributed by atoms with Gasteiger partial charge in [0.15, 0.2) is 0 Å². The molecule has 7 heteroatoms. The Kier molecular flexibility index (Phi) is 4.73. The largest absolute Gasteiger partial charge is 0.444 e. The molecule has 1 fully saturated rings. The number of piperazine rings is 1. The minimum atomic E-state index is -0.505. The summed E-state index contributed by atoms with van der Waals surface area (Å²) in [4.78, 5) is 27.5. The van der Waals surface area contributed by atoms with Crippen LogP contribution in [-0.2, 0) is 16.0 Å². The molecule has 0 bridgehead atoms. The van der Waals surface area contributed by atoms with Crippen molar-refractivity contribution in [1.82, 2.24) is 15.0 Å². The molecule has 0 N–H and O–H groups in total. The Labute approximate surface area is 130 Å². The van der Waals surface area contributed by atoms with Crippen LogP contribution in [0.2, 0.25) is 0 Å². The van der Waals surface area contributed by atoms with Crippen LogP contribution in [0.25, 0.3) is 0 Å². The van der Waals surface area contributed by atoms with E-state index in [-0.39, 0.29) is 18.4 Å². The minimum Gasteiger partial charge on any atom is -0.444 e. The zero-order valence-electron chi connectivity index (χ0n) is 13.6. The van der Waals surface area contributed by atoms with Gasteiger partial charge in [-0.1, -0.05) is 5.16 Å². The van der Waals surface area contributed by atoms with E-state index in [9.17, 15) is 9.59 Å². The number of amides is 2. The fraction of sp³-hybridized carbons (Fsp3) is 0.667. The lowest BCUT2D eigenvalue weighted by Crippen LogP contribution is -2.52. The number of hydrogen-bond acceptors (Lipinski definition) is 5. The van der Waals surface area contributed by atoms with Gasteiger partial charge in [0, 0.05) is 32.2 Å². The number of carbonyl (C=O) groups is 2. The van der Waals surface area contributed by atoms with Crippen molar-refractivity contribution in [2.24, 2.45) is 0 Å². The Bertz CT molecular complexity index is 539. The van der Waals surface area contributed by atoms with Crippen LogP contribution in [0.15, 0.2) is 10.6 Å². The van der Waals surface area contributed by atoms with E-state index in [0.29, 0.717) is 37.6 Å². The molecule has 0 saturated carbocycles. The maximum Gasteiger partial charge on any atom is 0.410 e. The van der Waals surface area contributed by atoms with E-state index in [1.165, 1.54) is 0 Å². The number of aryl methyl sites for hydroxylation is 1. The second-order valence-corrected chi connectivity index (χ2v) is 6.45. The number of hydrogen-bond donors (Lipinski definition) is 0. The van der Waals surface area contributed by atoms with Crippen LogP contribution in [0, 0.1) is 6.92 Å². The summed E-state index contributed by atoms with van der Waals surface area (Å²) in [6.45, 7) is 9.29. The zero-order chi connectivity index (χ0) is 16.3. The van der Waals surface area contributed by atoms with Crippen molar-refractivity contribution in [3.8, 4) is 0 Å². The molecule has 0 atom stereocenters. The van der Waals surface area contributed by atoms with E-state index in [1.807, 2.05) is 20.8 Å². The van der Waals surface area contributed by atoms with Crippen molar-refractivity contribution in [2.75, 3.05) is 26.2 Å². The summed E-state index contributed by atoms with van der Waals surface area (Å²) in [5, 5.41) is 3.83. The molecular weight excluding hydrogens is 286 g/mol. The average Bonchev–Trinajstić information content (AvgIpc) is 2.82. The molecule has 0 unspecified atom stereocenters. The number of aromatic nitrogens is 1. The van der Waals surface area contributed by atoms with E-state index in [1.54, 1.807) is 22.8 Å². The van der Waals surface area contributed by atoms with E-state index >= 15 is 0 Å². The molecule has 22 heavy (non-hydrogen) atoms. The van der Waals surface area contributed by atoms with Crippen LogP contribution < -0.4 is 0 Å². The molecule has 0 aromatic carbocycles. The molecule has 2 heterocycles. The van der Waals surface area contributed by atoms with Crippen LogP contribution in [0.4, 0.5) is 4.79 Å². The fourth-order valence-corrected chi connectivity index (χ4v) is 2.23. The summed E-state index contributed by atoms with van der Waals surface area (Å²) in [5.74, 6) is 0.690. The van der Waals surface area contributed by atoms with Crippen molar-refractivity contribution in [2.45, 2.75) is 39.7 Å². The summed E-state index contributed by atoms with van der Waals surface area (Å²) < 4.78 is 10.3. The van der Waals surface area contributed by atoms with Crippen molar-refractivity contribution in [1.29, 1.82) is 0 Å². The quantitative estimate of drug-likeness (QED) is 0.829. The van der Waals surface area contributed by atoms with Gasteiger partial charge in [0.05, 0.1) is 12.1 Å². The van der Waals surface area contributed by atoms with Crippen LogP contribution in [0.5, 0.6) is 0 Å². The first-order chi connectivity index (χ1) is 10.2. The van der Waals surface area contributed by atoms with Gasteiger partial charge >= 0.3 is 6.09 Å². The second-order valence-electron chi connectivity index (χ2n) is 6.45. The van der Waals surface area contributed by atoms with E-state index in [4.69, 9.17) is 9.26 Å². The lowest BCUT2D eigenvalue weighted by atomic mass is 10.2. The fourth-order valence-electron chi connectivity index (χ4n) is 2.23. The van der Waals surface area contributed by atoms with Gasteiger partial charge in [0.2, 0.25) is 5.91 Å². The predicted molar refractivity (Wildman–Crippen MR) is 79.3 cm³/mol. The molecule has 0 aliphatic carbocycles. The normalized spacial score (nSPS) is 15.8. The van der Waals surface area contributed by atoms with Gasteiger partial charge in [0.1, 0.15) is 11.4 Å². The number of carbonyl (C=O) groups excluding carboxylic acids is 2. The van der Waals surface area contributed by atoms with Crippen molar-refractivity contribution in [3.63, 3.8) is 0 Å². The third-order valence-electron chi connectivity index (χ3n) is 3.29. The maximum absolute atomic E-state index is 12.2. The summed E-state index contributed by atoms with van der Waals surface area (Å²) >= 11 is 0. The Balaban J connectivity index is 1.81. The monoisotopic (exact) mass is 309 g/mol. The molecule has 1 aromatic heterocycles. The molecule has 2 amide bonds. The number of nitrogens with zero attached hydrogens (tertiary/aromatic N) is 3.